The second kappa shape index (κ2) is 10.4. The zero-order valence-electron chi connectivity index (χ0n) is 10.9. The number of carbonyl (C=O) groups is 2. The molecule has 0 aromatic rings. The van der Waals surface area contributed by atoms with Crippen LogP contribution in [0.3, 0.4) is 0 Å². The quantitative estimate of drug-likeness (QED) is 0.330. The predicted molar refractivity (Wildman–Crippen MR) is 79.2 cm³/mol. The summed E-state index contributed by atoms with van der Waals surface area (Å²) in [6, 6.07) is -1.87. The van der Waals surface area contributed by atoms with Crippen LogP contribution >= 0.6 is 21.6 Å². The number of carboxylic acids is 2. The van der Waals surface area contributed by atoms with E-state index in [1.807, 2.05) is 0 Å². The molecule has 8 heteroatoms. The highest BCUT2D eigenvalue weighted by Gasteiger charge is 2.25. The molecule has 0 fully saturated rings. The van der Waals surface area contributed by atoms with E-state index in [1.54, 1.807) is 0 Å². The Labute approximate surface area is 121 Å². The summed E-state index contributed by atoms with van der Waals surface area (Å²) in [6.45, 7) is 2.07. The molecule has 0 saturated carbocycles. The van der Waals surface area contributed by atoms with Crippen molar-refractivity contribution in [3.8, 4) is 0 Å². The van der Waals surface area contributed by atoms with Crippen molar-refractivity contribution in [2.24, 2.45) is 11.5 Å². The molecule has 0 spiro atoms. The van der Waals surface area contributed by atoms with Crippen molar-refractivity contribution in [3.63, 3.8) is 0 Å². The largest absolute Gasteiger partial charge is 0.480 e. The lowest BCUT2D eigenvalue weighted by Crippen LogP contribution is -2.40. The molecule has 0 aromatic heterocycles. The van der Waals surface area contributed by atoms with Gasteiger partial charge in [-0.1, -0.05) is 47.8 Å². The molecule has 0 radical (unpaired) electrons. The number of carboxylic acid groups (broad SMARTS) is 2. The van der Waals surface area contributed by atoms with Crippen molar-refractivity contribution in [2.45, 2.75) is 49.9 Å². The molecule has 0 aliphatic rings. The smallest absolute Gasteiger partial charge is 0.321 e. The van der Waals surface area contributed by atoms with Gasteiger partial charge in [0.15, 0.2) is 0 Å². The Morgan fingerprint density at radius 1 is 1.16 bits per heavy atom. The lowest BCUT2D eigenvalue weighted by Gasteiger charge is -2.20. The highest BCUT2D eigenvalue weighted by molar-refractivity contribution is 8.77. The van der Waals surface area contributed by atoms with Gasteiger partial charge in [0, 0.05) is 11.0 Å². The van der Waals surface area contributed by atoms with E-state index < -0.39 is 24.0 Å². The van der Waals surface area contributed by atoms with Gasteiger partial charge in [-0.25, -0.2) is 0 Å². The SMILES string of the molecule is CCCCCC(SSC[C@H](N)C(=O)O)[C@H](N)C(=O)O. The molecule has 0 heterocycles. The van der Waals surface area contributed by atoms with E-state index in [-0.39, 0.29) is 11.0 Å². The third kappa shape index (κ3) is 8.35. The molecule has 6 nitrogen and oxygen atoms in total. The summed E-state index contributed by atoms with van der Waals surface area (Å²) in [5, 5.41) is 17.4. The first-order valence-corrected chi connectivity index (χ1v) is 8.53. The van der Waals surface area contributed by atoms with Crippen LogP contribution in [0.2, 0.25) is 0 Å². The summed E-state index contributed by atoms with van der Waals surface area (Å²) in [4.78, 5) is 21.5. The van der Waals surface area contributed by atoms with Gasteiger partial charge in [0.1, 0.15) is 12.1 Å². The van der Waals surface area contributed by atoms with Gasteiger partial charge in [-0.15, -0.1) is 0 Å². The fourth-order valence-electron chi connectivity index (χ4n) is 1.31. The van der Waals surface area contributed by atoms with Crippen molar-refractivity contribution >= 4 is 33.5 Å². The van der Waals surface area contributed by atoms with Crippen LogP contribution in [-0.4, -0.2) is 45.2 Å². The molecule has 0 amide bonds. The monoisotopic (exact) mass is 310 g/mol. The number of rotatable bonds is 11. The standard InChI is InChI=1S/C11H22N2O4S2/c1-2-3-4-5-8(9(13)11(16)17)19-18-6-7(12)10(14)15/h7-9H,2-6,12-13H2,1H3,(H,14,15)(H,16,17)/t7-,8?,9-/m0/s1. The molecule has 0 aromatic carbocycles. The summed E-state index contributed by atoms with van der Waals surface area (Å²) in [5.41, 5.74) is 11.0. The molecule has 3 atom stereocenters. The number of hydrogen-bond acceptors (Lipinski definition) is 6. The van der Waals surface area contributed by atoms with Gasteiger partial charge >= 0.3 is 11.9 Å². The van der Waals surface area contributed by atoms with Gasteiger partial charge in [0.05, 0.1) is 0 Å². The van der Waals surface area contributed by atoms with Crippen molar-refractivity contribution in [2.75, 3.05) is 5.75 Å². The highest BCUT2D eigenvalue weighted by Crippen LogP contribution is 2.32. The third-order valence-corrected chi connectivity index (χ3v) is 5.50. The van der Waals surface area contributed by atoms with Crippen LogP contribution in [0.5, 0.6) is 0 Å². The molecule has 1 unspecified atom stereocenters. The van der Waals surface area contributed by atoms with Crippen molar-refractivity contribution in [1.29, 1.82) is 0 Å². The molecular weight excluding hydrogens is 288 g/mol. The second-order valence-electron chi connectivity index (χ2n) is 4.22. The molecule has 19 heavy (non-hydrogen) atoms. The maximum atomic E-state index is 10.9. The topological polar surface area (TPSA) is 127 Å². The van der Waals surface area contributed by atoms with Crippen LogP contribution in [0.4, 0.5) is 0 Å². The number of aliphatic carboxylic acids is 2. The van der Waals surface area contributed by atoms with E-state index >= 15 is 0 Å². The molecule has 0 saturated heterocycles. The van der Waals surface area contributed by atoms with Gasteiger partial charge in [-0.2, -0.15) is 0 Å². The summed E-state index contributed by atoms with van der Waals surface area (Å²) >= 11 is 0. The molecule has 6 N–H and O–H groups in total. The maximum Gasteiger partial charge on any atom is 0.321 e. The Balaban J connectivity index is 4.18. The van der Waals surface area contributed by atoms with Crippen LogP contribution in [0, 0.1) is 0 Å². The van der Waals surface area contributed by atoms with Gasteiger partial charge in [0.25, 0.3) is 0 Å². The highest BCUT2D eigenvalue weighted by atomic mass is 33.1. The van der Waals surface area contributed by atoms with Gasteiger partial charge < -0.3 is 21.7 Å². The average molecular weight is 310 g/mol. The van der Waals surface area contributed by atoms with Crippen LogP contribution < -0.4 is 11.5 Å². The number of nitrogens with two attached hydrogens (primary N) is 2. The first-order chi connectivity index (χ1) is 8.90. The molecule has 112 valence electrons. The number of unbranched alkanes of at least 4 members (excludes halogenated alkanes) is 2. The van der Waals surface area contributed by atoms with Gasteiger partial charge in [-0.05, 0) is 6.42 Å². The minimum Gasteiger partial charge on any atom is -0.480 e. The lowest BCUT2D eigenvalue weighted by molar-refractivity contribution is -0.139. The molecule has 0 aliphatic carbocycles. The van der Waals surface area contributed by atoms with E-state index in [2.05, 4.69) is 6.92 Å². The maximum absolute atomic E-state index is 10.9. The lowest BCUT2D eigenvalue weighted by atomic mass is 10.1. The van der Waals surface area contributed by atoms with E-state index in [4.69, 9.17) is 21.7 Å². The predicted octanol–water partition coefficient (Wildman–Crippen LogP) is 1.14. The van der Waals surface area contributed by atoms with Crippen molar-refractivity contribution < 1.29 is 19.8 Å². The number of hydrogen-bond donors (Lipinski definition) is 4. The Morgan fingerprint density at radius 3 is 2.26 bits per heavy atom. The fourth-order valence-corrected chi connectivity index (χ4v) is 4.20. The second-order valence-corrected chi connectivity index (χ2v) is 6.88. The summed E-state index contributed by atoms with van der Waals surface area (Å²) < 4.78 is 0. The summed E-state index contributed by atoms with van der Waals surface area (Å²) in [6.07, 6.45) is 3.71. The van der Waals surface area contributed by atoms with Crippen LogP contribution in [-0.2, 0) is 9.59 Å². The molecule has 0 rings (SSSR count). The zero-order chi connectivity index (χ0) is 14.8. The Hall–Kier alpha value is -0.440. The van der Waals surface area contributed by atoms with Crippen LogP contribution in [0.15, 0.2) is 0 Å². The van der Waals surface area contributed by atoms with Crippen molar-refractivity contribution in [1.82, 2.24) is 0 Å². The van der Waals surface area contributed by atoms with E-state index in [0.717, 1.165) is 19.3 Å². The Kier molecular flexibility index (Phi) is 10.1. The third-order valence-electron chi connectivity index (χ3n) is 2.53. The molecular formula is C11H22N2O4S2. The minimum atomic E-state index is -1.06. The van der Waals surface area contributed by atoms with E-state index in [0.29, 0.717) is 6.42 Å². The van der Waals surface area contributed by atoms with Gasteiger partial charge in [-0.3, -0.25) is 9.59 Å². The van der Waals surface area contributed by atoms with E-state index in [9.17, 15) is 9.59 Å². The fraction of sp³-hybridized carbons (Fsp3) is 0.818. The molecule has 0 bridgehead atoms. The minimum absolute atomic E-state index is 0.227. The van der Waals surface area contributed by atoms with Gasteiger partial charge in [0.2, 0.25) is 0 Å². The molecule has 0 aliphatic heterocycles. The van der Waals surface area contributed by atoms with Crippen LogP contribution in [0.25, 0.3) is 0 Å². The van der Waals surface area contributed by atoms with Crippen molar-refractivity contribution in [3.05, 3.63) is 0 Å². The average Bonchev–Trinajstić information content (AvgIpc) is 2.35. The first kappa shape index (κ1) is 18.6. The normalized spacial score (nSPS) is 15.7. The Bertz CT molecular complexity index is 292. The van der Waals surface area contributed by atoms with E-state index in [1.165, 1.54) is 21.6 Å². The summed E-state index contributed by atoms with van der Waals surface area (Å²) in [5.74, 6) is -1.85. The van der Waals surface area contributed by atoms with Crippen LogP contribution in [0.1, 0.15) is 32.6 Å². The first-order valence-electron chi connectivity index (χ1n) is 6.15. The summed E-state index contributed by atoms with van der Waals surface area (Å²) in [7, 11) is 2.59. The Morgan fingerprint density at radius 2 is 1.79 bits per heavy atom. The zero-order valence-corrected chi connectivity index (χ0v) is 12.6.